The molecule has 0 aliphatic rings. The second-order valence-corrected chi connectivity index (χ2v) is 6.88. The molecular weight excluding hydrogens is 392 g/mol. The second kappa shape index (κ2) is 8.66. The van der Waals surface area contributed by atoms with Gasteiger partial charge in [-0.2, -0.15) is 9.97 Å². The molecule has 0 N–H and O–H groups in total. The Kier molecular flexibility index (Phi) is 5.25. The fourth-order valence-corrected chi connectivity index (χ4v) is 3.34. The van der Waals surface area contributed by atoms with Crippen LogP contribution in [0.25, 0.3) is 11.6 Å². The van der Waals surface area contributed by atoms with E-state index in [9.17, 15) is 0 Å². The van der Waals surface area contributed by atoms with Gasteiger partial charge in [-0.05, 0) is 17.2 Å². The van der Waals surface area contributed by atoms with Gasteiger partial charge < -0.3 is 9.05 Å². The molecule has 0 spiro atoms. The van der Waals surface area contributed by atoms with Gasteiger partial charge >= 0.3 is 0 Å². The zero-order valence-electron chi connectivity index (χ0n) is 16.5. The van der Waals surface area contributed by atoms with Crippen molar-refractivity contribution in [1.29, 1.82) is 0 Å². The molecule has 8 heteroatoms. The van der Waals surface area contributed by atoms with Crippen LogP contribution < -0.4 is 0 Å². The van der Waals surface area contributed by atoms with Gasteiger partial charge in [-0.3, -0.25) is 0 Å². The Morgan fingerprint density at radius 2 is 1.19 bits per heavy atom. The molecule has 0 bridgehead atoms. The van der Waals surface area contributed by atoms with Crippen molar-refractivity contribution < 1.29 is 9.05 Å². The van der Waals surface area contributed by atoms with Crippen LogP contribution in [-0.4, -0.2) is 30.2 Å². The van der Waals surface area contributed by atoms with E-state index in [1.165, 1.54) is 0 Å². The highest BCUT2D eigenvalue weighted by Gasteiger charge is 2.22. The Bertz CT molecular complexity index is 1200. The topological polar surface area (TPSA) is 104 Å². The van der Waals surface area contributed by atoms with E-state index in [4.69, 9.17) is 9.05 Å². The highest BCUT2D eigenvalue weighted by Crippen LogP contribution is 2.29. The van der Waals surface area contributed by atoms with Gasteiger partial charge in [-0.15, -0.1) is 0 Å². The summed E-state index contributed by atoms with van der Waals surface area (Å²) in [6.45, 7) is 0. The van der Waals surface area contributed by atoms with E-state index in [-0.39, 0.29) is 5.92 Å². The predicted octanol–water partition coefficient (Wildman–Crippen LogP) is 3.88. The van der Waals surface area contributed by atoms with Crippen LogP contribution in [0.1, 0.15) is 34.7 Å². The van der Waals surface area contributed by atoms with Gasteiger partial charge in [0.05, 0.1) is 5.92 Å². The van der Waals surface area contributed by atoms with Crippen molar-refractivity contribution in [2.75, 3.05) is 0 Å². The van der Waals surface area contributed by atoms with Gasteiger partial charge in [0.1, 0.15) is 0 Å². The molecule has 0 amide bonds. The maximum Gasteiger partial charge on any atom is 0.240 e. The molecule has 0 aliphatic carbocycles. The first kappa shape index (κ1) is 18.8. The highest BCUT2D eigenvalue weighted by atomic mass is 16.5. The average Bonchev–Trinajstić information content (AvgIpc) is 3.50. The lowest BCUT2D eigenvalue weighted by Crippen LogP contribution is -2.05. The van der Waals surface area contributed by atoms with E-state index in [1.54, 1.807) is 18.5 Å². The maximum atomic E-state index is 5.53. The standard InChI is InChI=1S/C23H18N6O2/c1-3-8-16(9-4-1)20(17-10-5-2-6-11-17)21-26-18(30-28-21)12-13-19-27-23(29-31-19)22-24-14-7-15-25-22/h1-11,14-15,20H,12-13H2. The quantitative estimate of drug-likeness (QED) is 0.398. The highest BCUT2D eigenvalue weighted by molar-refractivity contribution is 5.40. The third kappa shape index (κ3) is 4.23. The van der Waals surface area contributed by atoms with Gasteiger partial charge in [0, 0.05) is 25.2 Å². The van der Waals surface area contributed by atoms with Crippen molar-refractivity contribution in [1.82, 2.24) is 30.2 Å². The smallest absolute Gasteiger partial charge is 0.240 e. The van der Waals surface area contributed by atoms with Gasteiger partial charge in [-0.25, -0.2) is 9.97 Å². The molecule has 8 nitrogen and oxygen atoms in total. The van der Waals surface area contributed by atoms with Crippen LogP contribution in [0.4, 0.5) is 0 Å². The summed E-state index contributed by atoms with van der Waals surface area (Å²) in [7, 11) is 0. The van der Waals surface area contributed by atoms with Crippen LogP contribution in [0, 0.1) is 0 Å². The number of rotatable bonds is 7. The van der Waals surface area contributed by atoms with E-state index < -0.39 is 0 Å². The minimum Gasteiger partial charge on any atom is -0.339 e. The average molecular weight is 410 g/mol. The molecule has 5 rings (SSSR count). The van der Waals surface area contributed by atoms with Crippen LogP contribution in [0.3, 0.4) is 0 Å². The van der Waals surface area contributed by atoms with Crippen LogP contribution in [0.2, 0.25) is 0 Å². The summed E-state index contributed by atoms with van der Waals surface area (Å²) in [5.74, 6) is 2.27. The summed E-state index contributed by atoms with van der Waals surface area (Å²) < 4.78 is 10.8. The first-order valence-electron chi connectivity index (χ1n) is 9.89. The van der Waals surface area contributed by atoms with E-state index in [1.807, 2.05) is 36.4 Å². The van der Waals surface area contributed by atoms with Gasteiger partial charge in [0.2, 0.25) is 23.4 Å². The molecule has 0 fully saturated rings. The third-order valence-corrected chi connectivity index (χ3v) is 4.79. The molecule has 0 saturated heterocycles. The van der Waals surface area contributed by atoms with Crippen molar-refractivity contribution >= 4 is 0 Å². The van der Waals surface area contributed by atoms with Gasteiger partial charge in [0.15, 0.2) is 5.82 Å². The van der Waals surface area contributed by atoms with Crippen LogP contribution in [0.15, 0.2) is 88.2 Å². The van der Waals surface area contributed by atoms with E-state index >= 15 is 0 Å². The summed E-state index contributed by atoms with van der Waals surface area (Å²) in [5, 5.41) is 8.20. The Morgan fingerprint density at radius 3 is 1.84 bits per heavy atom. The summed E-state index contributed by atoms with van der Waals surface area (Å²) in [6.07, 6.45) is 4.23. The Hall–Kier alpha value is -4.20. The fraction of sp³-hybridized carbons (Fsp3) is 0.130. The lowest BCUT2D eigenvalue weighted by molar-refractivity contribution is 0.351. The molecule has 0 atom stereocenters. The largest absolute Gasteiger partial charge is 0.339 e. The van der Waals surface area contributed by atoms with Crippen molar-refractivity contribution in [2.45, 2.75) is 18.8 Å². The summed E-state index contributed by atoms with van der Waals surface area (Å²) in [4.78, 5) is 17.2. The summed E-state index contributed by atoms with van der Waals surface area (Å²) >= 11 is 0. The summed E-state index contributed by atoms with van der Waals surface area (Å²) in [5.41, 5.74) is 2.20. The number of aryl methyl sites for hydroxylation is 2. The number of hydrogen-bond donors (Lipinski definition) is 0. The number of benzene rings is 2. The fourth-order valence-electron chi connectivity index (χ4n) is 3.34. The van der Waals surface area contributed by atoms with Crippen molar-refractivity contribution in [3.05, 3.63) is 108 Å². The van der Waals surface area contributed by atoms with E-state index in [0.717, 1.165) is 11.1 Å². The zero-order valence-corrected chi connectivity index (χ0v) is 16.5. The van der Waals surface area contributed by atoms with Gasteiger partial charge in [-0.1, -0.05) is 71.0 Å². The number of hydrogen-bond acceptors (Lipinski definition) is 8. The Labute approximate surface area is 178 Å². The van der Waals surface area contributed by atoms with Gasteiger partial charge in [0.25, 0.3) is 0 Å². The number of aromatic nitrogens is 6. The molecule has 152 valence electrons. The molecule has 0 aliphatic heterocycles. The minimum atomic E-state index is -0.106. The first-order chi connectivity index (χ1) is 15.4. The Balaban J connectivity index is 1.34. The monoisotopic (exact) mass is 410 g/mol. The predicted molar refractivity (Wildman–Crippen MR) is 111 cm³/mol. The lowest BCUT2D eigenvalue weighted by Gasteiger charge is -2.14. The molecule has 3 aromatic heterocycles. The lowest BCUT2D eigenvalue weighted by atomic mass is 9.91. The van der Waals surface area contributed by atoms with Crippen molar-refractivity contribution in [3.8, 4) is 11.6 Å². The number of nitrogens with zero attached hydrogens (tertiary/aromatic N) is 6. The first-order valence-corrected chi connectivity index (χ1v) is 9.89. The molecule has 3 heterocycles. The molecule has 0 saturated carbocycles. The van der Waals surface area contributed by atoms with Crippen molar-refractivity contribution in [3.63, 3.8) is 0 Å². The molecule has 5 aromatic rings. The molecule has 0 unspecified atom stereocenters. The van der Waals surface area contributed by atoms with Crippen molar-refractivity contribution in [2.24, 2.45) is 0 Å². The van der Waals surface area contributed by atoms with Crippen LogP contribution >= 0.6 is 0 Å². The SMILES string of the molecule is c1ccc(C(c2ccccc2)c2noc(CCc3nc(-c4ncccn4)no3)n2)cc1. The second-order valence-electron chi connectivity index (χ2n) is 6.88. The molecule has 31 heavy (non-hydrogen) atoms. The van der Waals surface area contributed by atoms with E-state index in [0.29, 0.717) is 42.1 Å². The molecule has 0 radical (unpaired) electrons. The normalized spacial score (nSPS) is 11.1. The molecular formula is C23H18N6O2. The summed E-state index contributed by atoms with van der Waals surface area (Å²) in [6, 6.07) is 22.0. The Morgan fingerprint density at radius 1 is 0.613 bits per heavy atom. The van der Waals surface area contributed by atoms with Crippen LogP contribution in [-0.2, 0) is 12.8 Å². The zero-order chi connectivity index (χ0) is 20.9. The molecule has 2 aromatic carbocycles. The maximum absolute atomic E-state index is 5.53. The van der Waals surface area contributed by atoms with Crippen LogP contribution in [0.5, 0.6) is 0 Å². The third-order valence-electron chi connectivity index (χ3n) is 4.79. The minimum absolute atomic E-state index is 0.106. The van der Waals surface area contributed by atoms with E-state index in [2.05, 4.69) is 54.5 Å².